The van der Waals surface area contributed by atoms with E-state index in [1.165, 1.54) is 17.7 Å². The number of nitrogens with one attached hydrogen (secondary N) is 1. The molecular weight excluding hydrogens is 255 g/mol. The second-order valence-corrected chi connectivity index (χ2v) is 4.80. The number of hydrogen-bond donors (Lipinski definition) is 2. The number of benzene rings is 2. The van der Waals surface area contributed by atoms with Crippen LogP contribution in [0.1, 0.15) is 22.3 Å². The van der Waals surface area contributed by atoms with Gasteiger partial charge in [0, 0.05) is 5.56 Å². The van der Waals surface area contributed by atoms with Crippen molar-refractivity contribution in [2.24, 2.45) is 5.73 Å². The van der Waals surface area contributed by atoms with Crippen LogP contribution >= 0.6 is 0 Å². The van der Waals surface area contributed by atoms with E-state index in [0.29, 0.717) is 11.1 Å². The fourth-order valence-electron chi connectivity index (χ4n) is 1.86. The maximum absolute atomic E-state index is 13.4. The minimum absolute atomic E-state index is 0.156. The minimum Gasteiger partial charge on any atom is -0.489 e. The van der Waals surface area contributed by atoms with Gasteiger partial charge < -0.3 is 10.5 Å². The van der Waals surface area contributed by atoms with E-state index in [0.717, 1.165) is 11.3 Å². The van der Waals surface area contributed by atoms with Crippen LogP contribution in [0.3, 0.4) is 0 Å². The average Bonchev–Trinajstić information content (AvgIpc) is 2.39. The molecule has 0 bridgehead atoms. The second kappa shape index (κ2) is 5.74. The first-order valence-electron chi connectivity index (χ1n) is 6.29. The third-order valence-corrected chi connectivity index (χ3v) is 3.15. The van der Waals surface area contributed by atoms with E-state index in [4.69, 9.17) is 15.9 Å². The van der Waals surface area contributed by atoms with Gasteiger partial charge in [0.25, 0.3) is 0 Å². The van der Waals surface area contributed by atoms with Gasteiger partial charge >= 0.3 is 0 Å². The lowest BCUT2D eigenvalue weighted by Gasteiger charge is -2.09. The lowest BCUT2D eigenvalue weighted by Crippen LogP contribution is -2.12. The number of nitrogens with two attached hydrogens (primary N) is 1. The highest BCUT2D eigenvalue weighted by atomic mass is 19.1. The molecule has 0 saturated carbocycles. The Balaban J connectivity index is 2.14. The molecule has 20 heavy (non-hydrogen) atoms. The summed E-state index contributed by atoms with van der Waals surface area (Å²) in [6.45, 7) is 4.28. The molecule has 0 unspecified atom stereocenters. The van der Waals surface area contributed by atoms with Crippen molar-refractivity contribution >= 4 is 5.84 Å². The van der Waals surface area contributed by atoms with Crippen molar-refractivity contribution in [1.82, 2.24) is 0 Å². The molecule has 0 spiro atoms. The quantitative estimate of drug-likeness (QED) is 0.662. The Hall–Kier alpha value is -2.36. The summed E-state index contributed by atoms with van der Waals surface area (Å²) in [7, 11) is 0. The van der Waals surface area contributed by atoms with Crippen molar-refractivity contribution in [3.05, 3.63) is 64.5 Å². The van der Waals surface area contributed by atoms with Crippen LogP contribution in [0.25, 0.3) is 0 Å². The van der Waals surface area contributed by atoms with E-state index >= 15 is 0 Å². The Morgan fingerprint density at radius 3 is 2.55 bits per heavy atom. The highest BCUT2D eigenvalue weighted by Gasteiger charge is 2.05. The molecule has 0 heterocycles. The Morgan fingerprint density at radius 2 is 1.90 bits per heavy atom. The SMILES string of the molecule is Cc1ccc(OCc2cc(F)cc(C(=N)N)c2)cc1C. The van der Waals surface area contributed by atoms with Crippen LogP contribution in [0.15, 0.2) is 36.4 Å². The van der Waals surface area contributed by atoms with Crippen LogP contribution in [0.2, 0.25) is 0 Å². The molecule has 2 aromatic rings. The summed E-state index contributed by atoms with van der Waals surface area (Å²) < 4.78 is 19.1. The summed E-state index contributed by atoms with van der Waals surface area (Å²) >= 11 is 0. The van der Waals surface area contributed by atoms with Gasteiger partial charge in [0.2, 0.25) is 0 Å². The van der Waals surface area contributed by atoms with Crippen LogP contribution in [0, 0.1) is 25.1 Å². The van der Waals surface area contributed by atoms with Crippen molar-refractivity contribution in [3.63, 3.8) is 0 Å². The molecule has 3 nitrogen and oxygen atoms in total. The summed E-state index contributed by atoms with van der Waals surface area (Å²) in [5.74, 6) is 0.162. The first kappa shape index (κ1) is 14.1. The van der Waals surface area contributed by atoms with Gasteiger partial charge in [0.15, 0.2) is 0 Å². The standard InChI is InChI=1S/C16H17FN2O/c1-10-3-4-15(5-11(10)2)20-9-12-6-13(16(18)19)8-14(17)7-12/h3-8H,9H2,1-2H3,(H3,18,19). The van der Waals surface area contributed by atoms with E-state index in [1.807, 2.05) is 32.0 Å². The number of nitrogen functional groups attached to an aromatic ring is 1. The maximum atomic E-state index is 13.4. The van der Waals surface area contributed by atoms with Crippen LogP contribution in [-0.2, 0) is 6.61 Å². The summed E-state index contributed by atoms with van der Waals surface area (Å²) in [4.78, 5) is 0. The predicted molar refractivity (Wildman–Crippen MR) is 77.7 cm³/mol. The normalized spacial score (nSPS) is 10.3. The fraction of sp³-hybridized carbons (Fsp3) is 0.188. The van der Waals surface area contributed by atoms with Gasteiger partial charge in [0.1, 0.15) is 24.0 Å². The molecular formula is C16H17FN2O. The topological polar surface area (TPSA) is 59.1 Å². The first-order chi connectivity index (χ1) is 9.45. The van der Waals surface area contributed by atoms with Gasteiger partial charge in [-0.1, -0.05) is 6.07 Å². The van der Waals surface area contributed by atoms with Gasteiger partial charge in [-0.25, -0.2) is 4.39 Å². The van der Waals surface area contributed by atoms with Gasteiger partial charge in [0.05, 0.1) is 0 Å². The van der Waals surface area contributed by atoms with Crippen molar-refractivity contribution in [1.29, 1.82) is 5.41 Å². The molecule has 0 aliphatic carbocycles. The molecule has 104 valence electrons. The number of halogens is 1. The smallest absolute Gasteiger partial charge is 0.124 e. The molecule has 0 aromatic heterocycles. The zero-order valence-electron chi connectivity index (χ0n) is 11.5. The van der Waals surface area contributed by atoms with E-state index in [9.17, 15) is 4.39 Å². The third-order valence-electron chi connectivity index (χ3n) is 3.15. The molecule has 0 radical (unpaired) electrons. The third kappa shape index (κ3) is 3.35. The van der Waals surface area contributed by atoms with Gasteiger partial charge in [-0.05, 0) is 60.9 Å². The van der Waals surface area contributed by atoms with Crippen molar-refractivity contribution < 1.29 is 9.13 Å². The highest BCUT2D eigenvalue weighted by molar-refractivity contribution is 5.95. The van der Waals surface area contributed by atoms with Crippen LogP contribution in [0.5, 0.6) is 5.75 Å². The molecule has 4 heteroatoms. The van der Waals surface area contributed by atoms with E-state index in [2.05, 4.69) is 0 Å². The summed E-state index contributed by atoms with van der Waals surface area (Å²) in [6, 6.07) is 10.1. The fourth-order valence-corrected chi connectivity index (χ4v) is 1.86. The molecule has 3 N–H and O–H groups in total. The number of ether oxygens (including phenoxy) is 1. The van der Waals surface area contributed by atoms with Gasteiger partial charge in [-0.15, -0.1) is 0 Å². The Bertz CT molecular complexity index is 653. The molecule has 0 amide bonds. The van der Waals surface area contributed by atoms with Gasteiger partial charge in [-0.3, -0.25) is 5.41 Å². The number of hydrogen-bond acceptors (Lipinski definition) is 2. The molecule has 0 saturated heterocycles. The van der Waals surface area contributed by atoms with Crippen LogP contribution in [0.4, 0.5) is 4.39 Å². The lowest BCUT2D eigenvalue weighted by atomic mass is 10.1. The highest BCUT2D eigenvalue weighted by Crippen LogP contribution is 2.18. The minimum atomic E-state index is -0.420. The van der Waals surface area contributed by atoms with Crippen molar-refractivity contribution in [3.8, 4) is 5.75 Å². The molecule has 2 aromatic carbocycles. The van der Waals surface area contributed by atoms with E-state index in [1.54, 1.807) is 6.07 Å². The lowest BCUT2D eigenvalue weighted by molar-refractivity contribution is 0.305. The summed E-state index contributed by atoms with van der Waals surface area (Å²) in [6.07, 6.45) is 0. The molecule has 0 fully saturated rings. The monoisotopic (exact) mass is 272 g/mol. The molecule has 2 rings (SSSR count). The maximum Gasteiger partial charge on any atom is 0.124 e. The largest absolute Gasteiger partial charge is 0.489 e. The van der Waals surface area contributed by atoms with E-state index in [-0.39, 0.29) is 12.4 Å². The Labute approximate surface area is 117 Å². The Kier molecular flexibility index (Phi) is 4.03. The molecule has 0 aliphatic heterocycles. The van der Waals surface area contributed by atoms with Crippen LogP contribution in [-0.4, -0.2) is 5.84 Å². The average molecular weight is 272 g/mol. The Morgan fingerprint density at radius 1 is 1.15 bits per heavy atom. The second-order valence-electron chi connectivity index (χ2n) is 4.80. The number of aryl methyl sites for hydroxylation is 2. The number of amidine groups is 1. The molecule has 0 atom stereocenters. The first-order valence-corrected chi connectivity index (χ1v) is 6.29. The zero-order valence-corrected chi connectivity index (χ0v) is 11.5. The summed E-state index contributed by atoms with van der Waals surface area (Å²) in [5, 5.41) is 7.35. The van der Waals surface area contributed by atoms with Crippen molar-refractivity contribution in [2.75, 3.05) is 0 Å². The van der Waals surface area contributed by atoms with E-state index < -0.39 is 5.82 Å². The summed E-state index contributed by atoms with van der Waals surface area (Å²) in [5.41, 5.74) is 8.72. The molecule has 0 aliphatic rings. The van der Waals surface area contributed by atoms with Crippen molar-refractivity contribution in [2.45, 2.75) is 20.5 Å². The van der Waals surface area contributed by atoms with Gasteiger partial charge in [-0.2, -0.15) is 0 Å². The number of rotatable bonds is 4. The van der Waals surface area contributed by atoms with Crippen LogP contribution < -0.4 is 10.5 Å². The predicted octanol–water partition coefficient (Wildman–Crippen LogP) is 3.31. The zero-order chi connectivity index (χ0) is 14.7.